The van der Waals surface area contributed by atoms with Crippen LogP contribution in [0.15, 0.2) is 64.8 Å². The van der Waals surface area contributed by atoms with Crippen molar-refractivity contribution < 1.29 is 14.6 Å². The van der Waals surface area contributed by atoms with Gasteiger partial charge in [0.05, 0.1) is 19.4 Å². The molecule has 6 nitrogen and oxygen atoms in total. The number of carbonyl (C=O) groups excluding carboxylic acids is 1. The number of hydrogen-bond donors (Lipinski definition) is 1. The molecule has 0 atom stereocenters. The van der Waals surface area contributed by atoms with Crippen LogP contribution in [-0.4, -0.2) is 80.3 Å². The van der Waals surface area contributed by atoms with Crippen molar-refractivity contribution in [3.8, 4) is 5.75 Å². The van der Waals surface area contributed by atoms with E-state index in [-0.39, 0.29) is 12.5 Å². The number of benzene rings is 1. The molecule has 0 bridgehead atoms. The topological polar surface area (TPSA) is 56.3 Å². The molecule has 40 heavy (non-hydrogen) atoms. The number of β-amino-alcohol motifs (C(OH)–C–C–N with tert-alkyl or cyclic N) is 1. The lowest BCUT2D eigenvalue weighted by molar-refractivity contribution is 0.0615. The Kier molecular flexibility index (Phi) is 14.8. The van der Waals surface area contributed by atoms with E-state index >= 15 is 0 Å². The fraction of sp³-hybridized carbons (Fsp3) is 0.559. The van der Waals surface area contributed by atoms with Gasteiger partial charge in [0, 0.05) is 51.4 Å². The number of amides is 1. The van der Waals surface area contributed by atoms with Gasteiger partial charge in [-0.2, -0.15) is 0 Å². The minimum absolute atomic E-state index is 0.0504. The van der Waals surface area contributed by atoms with Crippen LogP contribution < -0.4 is 9.64 Å². The Morgan fingerprint density at radius 1 is 0.875 bits per heavy atom. The van der Waals surface area contributed by atoms with E-state index < -0.39 is 0 Å². The molecule has 222 valence electrons. The number of allylic oxidation sites excluding steroid dienone is 6. The quantitative estimate of drug-likeness (QED) is 0.248. The third-order valence-electron chi connectivity index (χ3n) is 7.35. The molecular weight excluding hydrogens is 498 g/mol. The highest BCUT2D eigenvalue weighted by Gasteiger charge is 2.23. The number of nitrogens with zero attached hydrogens (tertiary/aromatic N) is 3. The summed E-state index contributed by atoms with van der Waals surface area (Å²) in [5.41, 5.74) is 7.05. The van der Waals surface area contributed by atoms with E-state index in [1.807, 2.05) is 23.1 Å². The highest BCUT2D eigenvalue weighted by molar-refractivity contribution is 5.95. The largest absolute Gasteiger partial charge is 0.495 e. The van der Waals surface area contributed by atoms with Crippen LogP contribution in [0.2, 0.25) is 0 Å². The molecule has 0 unspecified atom stereocenters. The zero-order valence-corrected chi connectivity index (χ0v) is 26.1. The van der Waals surface area contributed by atoms with Gasteiger partial charge in [-0.05, 0) is 85.4 Å². The van der Waals surface area contributed by atoms with Crippen LogP contribution in [0.3, 0.4) is 0 Å². The Morgan fingerprint density at radius 2 is 1.43 bits per heavy atom. The molecule has 0 radical (unpaired) electrons. The van der Waals surface area contributed by atoms with Crippen molar-refractivity contribution in [2.24, 2.45) is 0 Å². The molecule has 0 spiro atoms. The number of hydrogen-bond acceptors (Lipinski definition) is 5. The second kappa shape index (κ2) is 17.8. The van der Waals surface area contributed by atoms with E-state index in [4.69, 9.17) is 4.74 Å². The predicted molar refractivity (Wildman–Crippen MR) is 169 cm³/mol. The normalized spacial score (nSPS) is 14.7. The molecular formula is C34H53N3O3. The summed E-state index contributed by atoms with van der Waals surface area (Å²) in [6, 6.07) is 5.80. The van der Waals surface area contributed by atoms with Gasteiger partial charge in [0.1, 0.15) is 5.75 Å². The standard InChI is InChI=1S/C34H53N3O3/c1-27(2)10-8-12-29(5)16-18-36(19-17-30(6)13-9-11-28(3)4)32-26-31(14-15-33(32)40-7)34(39)37-22-20-35(21-23-37)24-25-38/h10-11,14-17,26,38H,8-9,12-13,18-25H2,1-7H3. The van der Waals surface area contributed by atoms with E-state index in [0.29, 0.717) is 25.2 Å². The molecule has 1 aliphatic rings. The van der Waals surface area contributed by atoms with Gasteiger partial charge < -0.3 is 19.6 Å². The van der Waals surface area contributed by atoms with Crippen LogP contribution in [0.5, 0.6) is 5.75 Å². The number of ether oxygens (including phenoxy) is 1. The number of methoxy groups -OCH3 is 1. The zero-order chi connectivity index (χ0) is 29.5. The first-order valence-electron chi connectivity index (χ1n) is 14.8. The van der Waals surface area contributed by atoms with E-state index in [1.165, 1.54) is 22.3 Å². The fourth-order valence-electron chi connectivity index (χ4n) is 4.75. The number of aliphatic hydroxyl groups is 1. The van der Waals surface area contributed by atoms with Gasteiger partial charge in [0.2, 0.25) is 0 Å². The molecule has 0 aliphatic carbocycles. The van der Waals surface area contributed by atoms with Gasteiger partial charge in [-0.3, -0.25) is 9.69 Å². The average Bonchev–Trinajstić information content (AvgIpc) is 2.92. The van der Waals surface area contributed by atoms with Crippen LogP contribution >= 0.6 is 0 Å². The molecule has 0 saturated carbocycles. The molecule has 1 aliphatic heterocycles. The maximum Gasteiger partial charge on any atom is 0.254 e. The molecule has 1 amide bonds. The van der Waals surface area contributed by atoms with E-state index in [9.17, 15) is 9.90 Å². The summed E-state index contributed by atoms with van der Waals surface area (Å²) in [6.07, 6.45) is 13.4. The van der Waals surface area contributed by atoms with Crippen molar-refractivity contribution in [3.63, 3.8) is 0 Å². The first kappa shape index (κ1) is 33.4. The molecule has 1 N–H and O–H groups in total. The number of aliphatic hydroxyl groups excluding tert-OH is 1. The molecule has 2 rings (SSSR count). The number of rotatable bonds is 15. The van der Waals surface area contributed by atoms with Crippen LogP contribution in [0.4, 0.5) is 5.69 Å². The van der Waals surface area contributed by atoms with Crippen molar-refractivity contribution >= 4 is 11.6 Å². The lowest BCUT2D eigenvalue weighted by Crippen LogP contribution is -2.49. The van der Waals surface area contributed by atoms with Crippen molar-refractivity contribution in [1.82, 2.24) is 9.80 Å². The highest BCUT2D eigenvalue weighted by Crippen LogP contribution is 2.31. The number of anilines is 1. The van der Waals surface area contributed by atoms with Gasteiger partial charge >= 0.3 is 0 Å². The Morgan fingerprint density at radius 3 is 1.90 bits per heavy atom. The maximum absolute atomic E-state index is 13.5. The van der Waals surface area contributed by atoms with Gasteiger partial charge in [0.25, 0.3) is 5.91 Å². The van der Waals surface area contributed by atoms with Gasteiger partial charge in [-0.25, -0.2) is 0 Å². The van der Waals surface area contributed by atoms with Gasteiger partial charge in [0.15, 0.2) is 0 Å². The third kappa shape index (κ3) is 11.7. The zero-order valence-electron chi connectivity index (χ0n) is 26.1. The Labute approximate surface area is 243 Å². The maximum atomic E-state index is 13.5. The number of piperazine rings is 1. The SMILES string of the molecule is COc1ccc(C(=O)N2CCN(CCO)CC2)cc1N(CC=C(C)CCC=C(C)C)CC=C(C)CCC=C(C)C. The molecule has 1 aromatic carbocycles. The predicted octanol–water partition coefficient (Wildman–Crippen LogP) is 6.64. The van der Waals surface area contributed by atoms with Gasteiger partial charge in [-0.1, -0.05) is 46.6 Å². The smallest absolute Gasteiger partial charge is 0.254 e. The van der Waals surface area contributed by atoms with E-state index in [1.54, 1.807) is 7.11 Å². The van der Waals surface area contributed by atoms with Crippen molar-refractivity contribution in [1.29, 1.82) is 0 Å². The minimum Gasteiger partial charge on any atom is -0.495 e. The Hall–Kier alpha value is -2.83. The van der Waals surface area contributed by atoms with Crippen LogP contribution in [0.25, 0.3) is 0 Å². The first-order valence-corrected chi connectivity index (χ1v) is 14.8. The van der Waals surface area contributed by atoms with E-state index in [0.717, 1.165) is 63.3 Å². The fourth-order valence-corrected chi connectivity index (χ4v) is 4.75. The first-order chi connectivity index (χ1) is 19.1. The summed E-state index contributed by atoms with van der Waals surface area (Å²) < 4.78 is 5.79. The van der Waals surface area contributed by atoms with Gasteiger partial charge in [-0.15, -0.1) is 0 Å². The molecule has 1 saturated heterocycles. The number of carbonyl (C=O) groups is 1. The molecule has 0 aromatic heterocycles. The summed E-state index contributed by atoms with van der Waals surface area (Å²) in [6.45, 7) is 18.2. The lowest BCUT2D eigenvalue weighted by atomic mass is 10.1. The monoisotopic (exact) mass is 551 g/mol. The van der Waals surface area contributed by atoms with Crippen LogP contribution in [-0.2, 0) is 0 Å². The Bertz CT molecular complexity index is 1010. The summed E-state index contributed by atoms with van der Waals surface area (Å²) >= 11 is 0. The van der Waals surface area contributed by atoms with E-state index in [2.05, 4.69) is 75.6 Å². The minimum atomic E-state index is 0.0504. The highest BCUT2D eigenvalue weighted by atomic mass is 16.5. The summed E-state index contributed by atoms with van der Waals surface area (Å²) in [7, 11) is 1.69. The summed E-state index contributed by atoms with van der Waals surface area (Å²) in [5, 5.41) is 9.24. The molecule has 1 heterocycles. The summed E-state index contributed by atoms with van der Waals surface area (Å²) in [5.74, 6) is 0.824. The van der Waals surface area contributed by atoms with Crippen LogP contribution in [0, 0.1) is 0 Å². The molecule has 1 fully saturated rings. The third-order valence-corrected chi connectivity index (χ3v) is 7.35. The van der Waals surface area contributed by atoms with Crippen LogP contribution in [0.1, 0.15) is 77.6 Å². The summed E-state index contributed by atoms with van der Waals surface area (Å²) in [4.78, 5) is 19.9. The molecule has 1 aromatic rings. The second-order valence-corrected chi connectivity index (χ2v) is 11.4. The van der Waals surface area contributed by atoms with Crippen molar-refractivity contribution in [3.05, 3.63) is 70.4 Å². The lowest BCUT2D eigenvalue weighted by Gasteiger charge is -2.34. The van der Waals surface area contributed by atoms with Crippen molar-refractivity contribution in [2.45, 2.75) is 67.2 Å². The Balaban J connectivity index is 2.29. The molecule has 6 heteroatoms. The second-order valence-electron chi connectivity index (χ2n) is 11.4. The van der Waals surface area contributed by atoms with Crippen molar-refractivity contribution in [2.75, 3.05) is 64.4 Å². The average molecular weight is 552 g/mol.